The predicted octanol–water partition coefficient (Wildman–Crippen LogP) is -1.61. The van der Waals surface area contributed by atoms with Crippen molar-refractivity contribution in [2.75, 3.05) is 0 Å². The fourth-order valence-corrected chi connectivity index (χ4v) is 4.45. The van der Waals surface area contributed by atoms with Gasteiger partial charge in [-0.15, -0.1) is 0 Å². The Hall–Kier alpha value is -4.00. The second-order valence-electron chi connectivity index (χ2n) is 9.51. The number of carbonyl (C=O) groups is 1. The van der Waals surface area contributed by atoms with E-state index in [0.29, 0.717) is 11.4 Å². The van der Waals surface area contributed by atoms with Gasteiger partial charge in [0.15, 0.2) is 0 Å². The predicted molar refractivity (Wildman–Crippen MR) is 156 cm³/mol. The number of carboxylic acid groups (broad SMARTS) is 1. The molecule has 245 valence electrons. The zero-order valence-corrected chi connectivity index (χ0v) is 31.6. The van der Waals surface area contributed by atoms with Crippen LogP contribution in [0, 0.1) is 0 Å². The minimum Gasteiger partial charge on any atom is -0.872 e. The van der Waals surface area contributed by atoms with E-state index in [1.807, 2.05) is 0 Å². The van der Waals surface area contributed by atoms with E-state index >= 15 is 0 Å². The summed E-state index contributed by atoms with van der Waals surface area (Å²) in [6.07, 6.45) is 0. The third kappa shape index (κ3) is 10.5. The average molecular weight is 760 g/mol. The molecule has 5 rings (SSSR count). The summed E-state index contributed by atoms with van der Waals surface area (Å²) >= 11 is 0. The van der Waals surface area contributed by atoms with Gasteiger partial charge in [-0.1, -0.05) is 65.5 Å². The molecule has 0 aliphatic rings. The van der Waals surface area contributed by atoms with Gasteiger partial charge in [0.25, 0.3) is 0 Å². The molecule has 0 aliphatic heterocycles. The molecule has 0 fully saturated rings. The maximum Gasteiger partial charge on any atom is 2.00 e. The number of rotatable bonds is 9. The normalized spacial score (nSPS) is 11.2. The van der Waals surface area contributed by atoms with Crippen molar-refractivity contribution in [1.29, 1.82) is 0 Å². The van der Waals surface area contributed by atoms with Crippen LogP contribution in [0.3, 0.4) is 0 Å². The van der Waals surface area contributed by atoms with Crippen molar-refractivity contribution in [3.8, 4) is 34.1 Å². The smallest absolute Gasteiger partial charge is 0.872 e. The quantitative estimate of drug-likeness (QED) is 0.0950. The summed E-state index contributed by atoms with van der Waals surface area (Å²) in [5, 5.41) is 82.6. The van der Waals surface area contributed by atoms with Crippen LogP contribution in [-0.2, 0) is 27.2 Å². The van der Waals surface area contributed by atoms with Gasteiger partial charge in [-0.05, 0) is 71.3 Å². The van der Waals surface area contributed by atoms with Crippen LogP contribution in [0.5, 0.6) is 23.0 Å². The first-order valence-electron chi connectivity index (χ1n) is 13.1. The van der Waals surface area contributed by atoms with E-state index in [-0.39, 0.29) is 90.4 Å². The molecule has 0 N–H and O–H groups in total. The molecule has 0 saturated carbocycles. The Morgan fingerprint density at radius 3 is 1.60 bits per heavy atom. The van der Waals surface area contributed by atoms with Gasteiger partial charge in [0.05, 0.1) is 45.0 Å². The van der Waals surface area contributed by atoms with Crippen LogP contribution >= 0.6 is 0 Å². The first-order chi connectivity index (χ1) is 22.4. The Morgan fingerprint density at radius 1 is 0.560 bits per heavy atom. The molecule has 5 aromatic rings. The number of hydrogen-bond donors (Lipinski definition) is 0. The van der Waals surface area contributed by atoms with Crippen LogP contribution in [0.25, 0.3) is 11.1 Å². The Bertz CT molecular complexity index is 2220. The Morgan fingerprint density at radius 2 is 1.04 bits per heavy atom. The minimum atomic E-state index is -4.87. The van der Waals surface area contributed by atoms with Gasteiger partial charge in [-0.25, -0.2) is 8.42 Å². The summed E-state index contributed by atoms with van der Waals surface area (Å²) in [4.78, 5) is 10.3. The second kappa shape index (κ2) is 18.3. The second-order valence-corrected chi connectivity index (χ2v) is 10.9. The monoisotopic (exact) mass is 759 g/mol. The van der Waals surface area contributed by atoms with Crippen LogP contribution in [0.1, 0.15) is 13.2 Å². The van der Waals surface area contributed by atoms with Crippen molar-refractivity contribution in [1.82, 2.24) is 0 Å². The number of carbonyl (C=O) groups excluding carboxylic acids is 1. The maximum absolute atomic E-state index is 12.8. The number of carboxylic acids is 1. The average Bonchev–Trinajstić information content (AvgIpc) is 3.04. The number of azo groups is 3. The molecule has 0 aliphatic carbocycles. The summed E-state index contributed by atoms with van der Waals surface area (Å²) in [5.41, 5.74) is 0.530. The number of aromatic carboxylic acids is 1. The van der Waals surface area contributed by atoms with Crippen LogP contribution in [0.2, 0.25) is 0 Å². The van der Waals surface area contributed by atoms with E-state index < -0.39 is 60.9 Å². The fraction of sp³-hybridized carbons (Fsp3) is 0. The van der Waals surface area contributed by atoms with Gasteiger partial charge in [0.2, 0.25) is 0 Å². The van der Waals surface area contributed by atoms with Crippen molar-refractivity contribution in [2.24, 2.45) is 30.7 Å². The molecule has 19 heteroatoms. The van der Waals surface area contributed by atoms with E-state index in [1.54, 1.807) is 48.5 Å². The topological polar surface area (TPSA) is 264 Å². The molecule has 15 nitrogen and oxygen atoms in total. The zero-order chi connectivity index (χ0) is 33.7. The van der Waals surface area contributed by atoms with Crippen LogP contribution < -0.4 is 84.6 Å². The molecule has 50 heavy (non-hydrogen) atoms. The summed E-state index contributed by atoms with van der Waals surface area (Å²) in [6, 6.07) is 21.4. The summed E-state index contributed by atoms with van der Waals surface area (Å²) < 4.78 is 33.7. The first kappa shape index (κ1) is 42.2. The van der Waals surface area contributed by atoms with Gasteiger partial charge >= 0.3 is 79.0 Å². The molecule has 0 amide bonds. The maximum atomic E-state index is 12.8. The third-order valence-electron chi connectivity index (χ3n) is 6.36. The molecule has 0 aromatic heterocycles. The molecule has 0 spiro atoms. The van der Waals surface area contributed by atoms with Gasteiger partial charge in [-0.2, -0.15) is 30.7 Å². The van der Waals surface area contributed by atoms with Gasteiger partial charge < -0.3 is 34.9 Å². The van der Waals surface area contributed by atoms with E-state index in [2.05, 4.69) is 30.7 Å². The van der Waals surface area contributed by atoms with Gasteiger partial charge in [0.1, 0.15) is 10.1 Å². The third-order valence-corrected chi connectivity index (χ3v) is 7.19. The molecule has 0 atom stereocenters. The van der Waals surface area contributed by atoms with E-state index in [0.717, 1.165) is 53.6 Å². The van der Waals surface area contributed by atoms with Crippen molar-refractivity contribution in [2.45, 2.75) is 4.90 Å². The first-order valence-corrected chi connectivity index (χ1v) is 14.6. The Balaban J connectivity index is 0.00000520. The SMILES string of the molecule is O=C([O-])c1cc(N=Nc2ccc(-c3ccc(N=Nc4c([O-])ccc(N=Nc5cc(S(=O)(=O)[O-])ccc5[O-])c4[O-])cc3)cc2)ccc1[O-].[Cu+2].[H+].[H+].[Na+].[Na+]. The number of hydrogen-bond acceptors (Lipinski definition) is 15. The minimum absolute atomic E-state index is 0. The molecule has 0 bridgehead atoms. The van der Waals surface area contributed by atoms with Crippen LogP contribution in [0.4, 0.5) is 34.1 Å². The molecular weight excluding hydrogens is 742 g/mol. The molecule has 1 radical (unpaired) electrons. The summed E-state index contributed by atoms with van der Waals surface area (Å²) in [5.74, 6) is -4.74. The molecular formula is C31H18CuN6Na2O9S. The Labute approximate surface area is 342 Å². The summed E-state index contributed by atoms with van der Waals surface area (Å²) in [6.45, 7) is 0. The molecule has 5 aromatic carbocycles. The molecule has 0 heterocycles. The van der Waals surface area contributed by atoms with Crippen LogP contribution in [-0.4, -0.2) is 18.9 Å². The van der Waals surface area contributed by atoms with Crippen LogP contribution in [0.15, 0.2) is 133 Å². The fourth-order valence-electron chi connectivity index (χ4n) is 3.96. The number of benzene rings is 5. The molecule has 0 saturated heterocycles. The van der Waals surface area contributed by atoms with Crippen molar-refractivity contribution >= 4 is 50.2 Å². The standard InChI is InChI=1S/C31H22N6O9S.Cu.2Na/c38-26-12-9-21(15-23(26)31(42)43)34-32-19-5-1-17(2-6-19)18-3-7-20(8-4-18)33-37-29-28(40)14-11-24(30(29)41)35-36-25-16-22(47(44,45)46)10-13-27(25)39;;;/h1-16,38-41H,(H,42,43)(H,44,45,46);;;/q;+2;2*+1/p-4. The van der Waals surface area contributed by atoms with E-state index in [1.165, 1.54) is 6.07 Å². The van der Waals surface area contributed by atoms with Gasteiger partial charge in [-0.3, -0.25) is 0 Å². The number of nitrogens with zero attached hydrogens (tertiary/aromatic N) is 6. The van der Waals surface area contributed by atoms with E-state index in [9.17, 15) is 43.3 Å². The van der Waals surface area contributed by atoms with E-state index in [4.69, 9.17) is 0 Å². The zero-order valence-electron chi connectivity index (χ0n) is 27.8. The summed E-state index contributed by atoms with van der Waals surface area (Å²) in [7, 11) is -4.87. The van der Waals surface area contributed by atoms with Crippen molar-refractivity contribution in [3.63, 3.8) is 0 Å². The molecule has 0 unspecified atom stereocenters. The Kier molecular flexibility index (Phi) is 15.4. The van der Waals surface area contributed by atoms with Gasteiger partial charge in [0, 0.05) is 0 Å². The largest absolute Gasteiger partial charge is 2.00 e. The van der Waals surface area contributed by atoms with Crippen molar-refractivity contribution < 1.29 is 122 Å². The van der Waals surface area contributed by atoms with Crippen molar-refractivity contribution in [3.05, 3.63) is 103 Å².